The van der Waals surface area contributed by atoms with E-state index in [4.69, 9.17) is 4.74 Å². The van der Waals surface area contributed by atoms with Gasteiger partial charge in [0.25, 0.3) is 5.91 Å². The van der Waals surface area contributed by atoms with E-state index in [1.807, 2.05) is 30.3 Å². The van der Waals surface area contributed by atoms with Crippen LogP contribution in [0.1, 0.15) is 16.1 Å². The number of anilines is 1. The molecule has 2 aromatic carbocycles. The summed E-state index contributed by atoms with van der Waals surface area (Å²) in [6.07, 6.45) is 2.90. The number of ether oxygens (including phenoxy) is 1. The monoisotopic (exact) mass is 372 g/mol. The summed E-state index contributed by atoms with van der Waals surface area (Å²) in [5.74, 6) is 0.850. The quantitative estimate of drug-likeness (QED) is 0.559. The van der Waals surface area contributed by atoms with Gasteiger partial charge in [0.05, 0.1) is 0 Å². The fraction of sp³-hybridized carbons (Fsp3) is 0.0500. The van der Waals surface area contributed by atoms with Crippen LogP contribution in [0.2, 0.25) is 0 Å². The van der Waals surface area contributed by atoms with E-state index in [1.165, 1.54) is 17.3 Å². The summed E-state index contributed by atoms with van der Waals surface area (Å²) in [5, 5.41) is 14.7. The fourth-order valence-corrected chi connectivity index (χ4v) is 2.47. The molecule has 0 aliphatic carbocycles. The van der Waals surface area contributed by atoms with Crippen molar-refractivity contribution in [2.24, 2.45) is 0 Å². The fourth-order valence-electron chi connectivity index (χ4n) is 2.47. The molecule has 2 heterocycles. The van der Waals surface area contributed by atoms with Gasteiger partial charge >= 0.3 is 0 Å². The van der Waals surface area contributed by atoms with Gasteiger partial charge in [0.2, 0.25) is 0 Å². The minimum Gasteiger partial charge on any atom is -0.489 e. The Labute approximate surface area is 160 Å². The summed E-state index contributed by atoms with van der Waals surface area (Å²) in [6.45, 7) is 0.486. The molecule has 0 aliphatic heterocycles. The number of carbonyl (C=O) groups is 1. The molecule has 2 aromatic heterocycles. The smallest absolute Gasteiger partial charge is 0.276 e. The summed E-state index contributed by atoms with van der Waals surface area (Å²) >= 11 is 0. The summed E-state index contributed by atoms with van der Waals surface area (Å²) < 4.78 is 7.20. The molecule has 8 heteroatoms. The lowest BCUT2D eigenvalue weighted by Crippen LogP contribution is -2.15. The number of rotatable bonds is 6. The van der Waals surface area contributed by atoms with Gasteiger partial charge in [-0.1, -0.05) is 30.3 Å². The van der Waals surface area contributed by atoms with Crippen molar-refractivity contribution in [1.82, 2.24) is 25.0 Å². The van der Waals surface area contributed by atoms with Crippen LogP contribution in [-0.4, -0.2) is 30.9 Å². The maximum Gasteiger partial charge on any atom is 0.276 e. The Bertz CT molecular complexity index is 1030. The van der Waals surface area contributed by atoms with E-state index in [0.717, 1.165) is 11.3 Å². The Kier molecular flexibility index (Phi) is 5.01. The van der Waals surface area contributed by atoms with Gasteiger partial charge in [-0.05, 0) is 42.0 Å². The predicted octanol–water partition coefficient (Wildman–Crippen LogP) is 2.89. The predicted molar refractivity (Wildman–Crippen MR) is 102 cm³/mol. The van der Waals surface area contributed by atoms with Crippen LogP contribution in [0.4, 0.5) is 5.69 Å². The lowest BCUT2D eigenvalue weighted by atomic mass is 10.2. The molecule has 0 unspecified atom stereocenters. The number of hydrogen-bond acceptors (Lipinski definition) is 6. The summed E-state index contributed by atoms with van der Waals surface area (Å²) in [6, 6.07) is 20.3. The topological polar surface area (TPSA) is 94.8 Å². The molecule has 28 heavy (non-hydrogen) atoms. The maximum atomic E-state index is 12.3. The molecule has 8 nitrogen and oxygen atoms in total. The molecule has 4 rings (SSSR count). The Morgan fingerprint density at radius 2 is 1.79 bits per heavy atom. The van der Waals surface area contributed by atoms with E-state index in [-0.39, 0.29) is 11.6 Å². The molecule has 0 aliphatic rings. The van der Waals surface area contributed by atoms with E-state index in [0.29, 0.717) is 18.1 Å². The van der Waals surface area contributed by atoms with E-state index in [1.54, 1.807) is 36.4 Å². The van der Waals surface area contributed by atoms with Crippen molar-refractivity contribution in [1.29, 1.82) is 0 Å². The second kappa shape index (κ2) is 8.09. The van der Waals surface area contributed by atoms with Gasteiger partial charge in [-0.25, -0.2) is 9.67 Å². The molecule has 0 saturated heterocycles. The van der Waals surface area contributed by atoms with Crippen LogP contribution in [0.5, 0.6) is 5.75 Å². The van der Waals surface area contributed by atoms with Crippen molar-refractivity contribution in [2.45, 2.75) is 6.61 Å². The highest BCUT2D eigenvalue weighted by Crippen LogP contribution is 2.17. The second-order valence-electron chi connectivity index (χ2n) is 5.87. The standard InChI is InChI=1S/C20H16N6O2/c27-20(18-10-11-19(25-24-18)26-14-21-13-22-26)23-16-6-8-17(9-7-16)28-12-15-4-2-1-3-5-15/h1-11,13-14H,12H2,(H,23,27). The first-order chi connectivity index (χ1) is 13.8. The van der Waals surface area contributed by atoms with Crippen LogP contribution in [0.15, 0.2) is 79.4 Å². The van der Waals surface area contributed by atoms with Gasteiger partial charge in [0, 0.05) is 5.69 Å². The third-order valence-corrected chi connectivity index (χ3v) is 3.90. The zero-order chi connectivity index (χ0) is 19.2. The number of nitrogens with zero attached hydrogens (tertiary/aromatic N) is 5. The molecule has 0 saturated carbocycles. The van der Waals surface area contributed by atoms with E-state index >= 15 is 0 Å². The highest BCUT2D eigenvalue weighted by Gasteiger charge is 2.10. The molecule has 1 amide bonds. The van der Waals surface area contributed by atoms with Crippen LogP contribution < -0.4 is 10.1 Å². The zero-order valence-corrected chi connectivity index (χ0v) is 14.8. The summed E-state index contributed by atoms with van der Waals surface area (Å²) in [4.78, 5) is 16.2. The van der Waals surface area contributed by atoms with Crippen molar-refractivity contribution >= 4 is 11.6 Å². The summed E-state index contributed by atoms with van der Waals surface area (Å²) in [5.41, 5.74) is 1.93. The van der Waals surface area contributed by atoms with Crippen molar-refractivity contribution in [3.63, 3.8) is 0 Å². The number of hydrogen-bond donors (Lipinski definition) is 1. The maximum absolute atomic E-state index is 12.3. The van der Waals surface area contributed by atoms with Gasteiger partial charge in [-0.3, -0.25) is 4.79 Å². The average molecular weight is 372 g/mol. The Balaban J connectivity index is 1.35. The van der Waals surface area contributed by atoms with Gasteiger partial charge in [-0.2, -0.15) is 5.10 Å². The summed E-state index contributed by atoms with van der Waals surface area (Å²) in [7, 11) is 0. The van der Waals surface area contributed by atoms with Crippen LogP contribution in [0.25, 0.3) is 5.82 Å². The molecule has 0 radical (unpaired) electrons. The zero-order valence-electron chi connectivity index (χ0n) is 14.8. The number of carbonyl (C=O) groups excluding carboxylic acids is 1. The highest BCUT2D eigenvalue weighted by molar-refractivity contribution is 6.02. The number of nitrogens with one attached hydrogen (secondary N) is 1. The van der Waals surface area contributed by atoms with Crippen LogP contribution in [-0.2, 0) is 6.61 Å². The van der Waals surface area contributed by atoms with Gasteiger partial charge in [-0.15, -0.1) is 10.2 Å². The minimum absolute atomic E-state index is 0.202. The molecular weight excluding hydrogens is 356 g/mol. The average Bonchev–Trinajstić information content (AvgIpc) is 3.29. The molecule has 138 valence electrons. The first kappa shape index (κ1) is 17.3. The largest absolute Gasteiger partial charge is 0.489 e. The molecule has 0 spiro atoms. The SMILES string of the molecule is O=C(Nc1ccc(OCc2ccccc2)cc1)c1ccc(-n2cncn2)nn1. The lowest BCUT2D eigenvalue weighted by Gasteiger charge is -2.08. The van der Waals surface area contributed by atoms with Gasteiger partial charge in [0.15, 0.2) is 11.5 Å². The van der Waals surface area contributed by atoms with Crippen molar-refractivity contribution in [3.05, 3.63) is 90.6 Å². The van der Waals surface area contributed by atoms with Gasteiger partial charge in [0.1, 0.15) is 25.0 Å². The van der Waals surface area contributed by atoms with Crippen LogP contribution in [0, 0.1) is 0 Å². The van der Waals surface area contributed by atoms with E-state index in [9.17, 15) is 4.79 Å². The third kappa shape index (κ3) is 4.18. The van der Waals surface area contributed by atoms with Crippen molar-refractivity contribution < 1.29 is 9.53 Å². The van der Waals surface area contributed by atoms with Crippen LogP contribution in [0.3, 0.4) is 0 Å². The second-order valence-corrected chi connectivity index (χ2v) is 5.87. The van der Waals surface area contributed by atoms with E-state index in [2.05, 4.69) is 25.6 Å². The van der Waals surface area contributed by atoms with Crippen molar-refractivity contribution in [3.8, 4) is 11.6 Å². The Morgan fingerprint density at radius 3 is 2.46 bits per heavy atom. The number of amides is 1. The van der Waals surface area contributed by atoms with Crippen molar-refractivity contribution in [2.75, 3.05) is 5.32 Å². The van der Waals surface area contributed by atoms with Gasteiger partial charge < -0.3 is 10.1 Å². The molecular formula is C20H16N6O2. The molecule has 4 aromatic rings. The Morgan fingerprint density at radius 1 is 0.964 bits per heavy atom. The molecule has 0 atom stereocenters. The molecule has 1 N–H and O–H groups in total. The molecule has 0 bridgehead atoms. The first-order valence-electron chi connectivity index (χ1n) is 8.55. The first-order valence-corrected chi connectivity index (χ1v) is 8.55. The minimum atomic E-state index is -0.351. The molecule has 0 fully saturated rings. The normalized spacial score (nSPS) is 10.4. The Hall–Kier alpha value is -4.07. The van der Waals surface area contributed by atoms with Crippen LogP contribution >= 0.6 is 0 Å². The van der Waals surface area contributed by atoms with E-state index < -0.39 is 0 Å². The number of aromatic nitrogens is 5. The number of benzene rings is 2. The lowest BCUT2D eigenvalue weighted by molar-refractivity contribution is 0.102. The third-order valence-electron chi connectivity index (χ3n) is 3.90. The highest BCUT2D eigenvalue weighted by atomic mass is 16.5.